The Morgan fingerprint density at radius 2 is 1.38 bits per heavy atom. The fraction of sp³-hybridized carbons (Fsp3) is 0.0526. The maximum absolute atomic E-state index is 13.0. The Kier molecular flexibility index (Phi) is 5.98. The van der Waals surface area contributed by atoms with E-state index in [1.165, 1.54) is 42.5 Å². The Morgan fingerprint density at radius 3 is 2.00 bits per heavy atom. The van der Waals surface area contributed by atoms with Gasteiger partial charge in [0.1, 0.15) is 11.5 Å². The number of hydrogen-bond acceptors (Lipinski definition) is 4. The summed E-state index contributed by atoms with van der Waals surface area (Å²) in [7, 11) is -5.22. The van der Waals surface area contributed by atoms with Gasteiger partial charge >= 0.3 is 0 Å². The summed E-state index contributed by atoms with van der Waals surface area (Å²) in [6.07, 6.45) is 0. The summed E-state index contributed by atoms with van der Waals surface area (Å²) in [5.41, 5.74) is -1.04. The van der Waals surface area contributed by atoms with Gasteiger partial charge in [-0.15, -0.1) is 0 Å². The Bertz CT molecular complexity index is 1210. The first-order valence-corrected chi connectivity index (χ1v) is 10.9. The summed E-state index contributed by atoms with van der Waals surface area (Å²) < 4.78 is 33.9. The quantitative estimate of drug-likeness (QED) is 0.311. The van der Waals surface area contributed by atoms with Crippen LogP contribution < -0.4 is 0 Å². The van der Waals surface area contributed by atoms with Gasteiger partial charge in [-0.3, -0.25) is 4.55 Å². The zero-order valence-electron chi connectivity index (χ0n) is 14.3. The van der Waals surface area contributed by atoms with Gasteiger partial charge in [0.15, 0.2) is 4.75 Å². The lowest BCUT2D eigenvalue weighted by Gasteiger charge is -2.34. The first-order valence-electron chi connectivity index (χ1n) is 7.90. The monoisotopic (exact) mass is 492 g/mol. The number of phenols is 2. The molecule has 0 bridgehead atoms. The van der Waals surface area contributed by atoms with Crippen molar-refractivity contribution >= 4 is 56.5 Å². The Hall–Kier alpha value is -1.67. The highest BCUT2D eigenvalue weighted by molar-refractivity contribution is 7.87. The van der Waals surface area contributed by atoms with E-state index in [4.69, 9.17) is 46.4 Å². The van der Waals surface area contributed by atoms with E-state index in [2.05, 4.69) is 0 Å². The molecule has 0 aliphatic heterocycles. The molecule has 3 N–H and O–H groups in total. The van der Waals surface area contributed by atoms with Crippen molar-refractivity contribution in [3.63, 3.8) is 0 Å². The SMILES string of the molecule is O=S(=O)(O)C(c1cc(Cl)ccc1O)(c1ccccc1Cl)c1c(Cl)ccc(Cl)c1O. The number of aromatic hydroxyl groups is 2. The number of phenolic OH excluding ortho intramolecular Hbond substituents is 2. The van der Waals surface area contributed by atoms with Crippen LogP contribution in [0.2, 0.25) is 20.1 Å². The molecule has 0 amide bonds. The molecule has 3 rings (SSSR count). The minimum atomic E-state index is -5.22. The van der Waals surface area contributed by atoms with Crippen molar-refractivity contribution in [1.82, 2.24) is 0 Å². The zero-order chi connectivity index (χ0) is 21.6. The van der Waals surface area contributed by atoms with E-state index in [0.717, 1.165) is 12.1 Å². The first kappa shape index (κ1) is 22.0. The van der Waals surface area contributed by atoms with Crippen molar-refractivity contribution < 1.29 is 23.2 Å². The molecular formula is C19H12Cl4O5S. The predicted octanol–water partition coefficient (Wildman–Crippen LogP) is 5.89. The van der Waals surface area contributed by atoms with Crippen LogP contribution in [0.25, 0.3) is 0 Å². The fourth-order valence-electron chi connectivity index (χ4n) is 3.23. The molecule has 0 aromatic heterocycles. The zero-order valence-corrected chi connectivity index (χ0v) is 18.1. The molecule has 0 heterocycles. The largest absolute Gasteiger partial charge is 0.508 e. The second-order valence-corrected chi connectivity index (χ2v) is 9.27. The van der Waals surface area contributed by atoms with Crippen molar-refractivity contribution in [1.29, 1.82) is 0 Å². The molecule has 3 aromatic carbocycles. The van der Waals surface area contributed by atoms with E-state index in [1.54, 1.807) is 0 Å². The summed E-state index contributed by atoms with van der Waals surface area (Å²) in [4.78, 5) is 0. The van der Waals surface area contributed by atoms with Crippen LogP contribution in [0.15, 0.2) is 54.6 Å². The standard InChI is InChI=1S/C19H12Cl4O5S/c20-10-5-8-16(24)12(9-10)19(29(26,27)28,11-3-1-2-4-13(11)21)17-14(22)6-7-15(23)18(17)25/h1-9,24-25H,(H,26,27,28). The number of hydrogen-bond donors (Lipinski definition) is 3. The van der Waals surface area contributed by atoms with E-state index in [1.807, 2.05) is 0 Å². The van der Waals surface area contributed by atoms with Crippen LogP contribution in [0.1, 0.15) is 16.7 Å². The van der Waals surface area contributed by atoms with Crippen LogP contribution in [-0.2, 0) is 14.9 Å². The first-order chi connectivity index (χ1) is 13.5. The fourth-order valence-corrected chi connectivity index (χ4v) is 5.61. The Morgan fingerprint density at radius 1 is 0.759 bits per heavy atom. The third kappa shape index (κ3) is 3.54. The molecule has 29 heavy (non-hydrogen) atoms. The predicted molar refractivity (Wildman–Crippen MR) is 114 cm³/mol. The van der Waals surface area contributed by atoms with Crippen LogP contribution in [0.5, 0.6) is 11.5 Å². The van der Waals surface area contributed by atoms with Crippen LogP contribution >= 0.6 is 46.4 Å². The van der Waals surface area contributed by atoms with Crippen molar-refractivity contribution in [2.45, 2.75) is 4.75 Å². The van der Waals surface area contributed by atoms with Crippen LogP contribution in [0.4, 0.5) is 0 Å². The maximum atomic E-state index is 13.0. The summed E-state index contributed by atoms with van der Waals surface area (Å²) in [6.45, 7) is 0. The van der Waals surface area contributed by atoms with Gasteiger partial charge in [-0.25, -0.2) is 0 Å². The average Bonchev–Trinajstić information content (AvgIpc) is 2.64. The van der Waals surface area contributed by atoms with Gasteiger partial charge in [-0.2, -0.15) is 8.42 Å². The third-order valence-electron chi connectivity index (χ3n) is 4.41. The molecule has 0 saturated heterocycles. The smallest absolute Gasteiger partial charge is 0.283 e. The van der Waals surface area contributed by atoms with Gasteiger partial charge in [-0.05, 0) is 36.4 Å². The number of rotatable bonds is 4. The van der Waals surface area contributed by atoms with E-state index in [-0.39, 0.29) is 31.2 Å². The second kappa shape index (κ2) is 7.87. The van der Waals surface area contributed by atoms with Gasteiger partial charge in [0.25, 0.3) is 10.1 Å². The molecule has 0 aliphatic rings. The van der Waals surface area contributed by atoms with Crippen molar-refractivity contribution in [3.05, 3.63) is 91.4 Å². The maximum Gasteiger partial charge on any atom is 0.283 e. The molecule has 0 fully saturated rings. The normalized spacial score (nSPS) is 13.8. The highest BCUT2D eigenvalue weighted by Crippen LogP contribution is 2.54. The molecule has 5 nitrogen and oxygen atoms in total. The number of benzene rings is 3. The third-order valence-corrected chi connectivity index (χ3v) is 7.01. The molecule has 0 spiro atoms. The minimum Gasteiger partial charge on any atom is -0.508 e. The molecular weight excluding hydrogens is 482 g/mol. The number of halogens is 4. The average molecular weight is 494 g/mol. The van der Waals surface area contributed by atoms with Gasteiger partial charge in [0.05, 0.1) is 5.02 Å². The second-order valence-electron chi connectivity index (χ2n) is 6.05. The van der Waals surface area contributed by atoms with Crippen LogP contribution in [0, 0.1) is 0 Å². The van der Waals surface area contributed by atoms with Gasteiger partial charge in [-0.1, -0.05) is 64.6 Å². The molecule has 3 aromatic rings. The molecule has 1 atom stereocenters. The topological polar surface area (TPSA) is 94.8 Å². The van der Waals surface area contributed by atoms with Crippen molar-refractivity contribution in [2.24, 2.45) is 0 Å². The highest BCUT2D eigenvalue weighted by atomic mass is 35.5. The van der Waals surface area contributed by atoms with Gasteiger partial charge in [0.2, 0.25) is 0 Å². The summed E-state index contributed by atoms with van der Waals surface area (Å²) in [5.74, 6) is -1.25. The molecule has 0 aliphatic carbocycles. The lowest BCUT2D eigenvalue weighted by molar-refractivity contribution is 0.428. The summed E-state index contributed by atoms with van der Waals surface area (Å²) in [6, 6.07) is 11.8. The highest BCUT2D eigenvalue weighted by Gasteiger charge is 2.54. The van der Waals surface area contributed by atoms with E-state index in [9.17, 15) is 23.2 Å². The van der Waals surface area contributed by atoms with Crippen LogP contribution in [-0.4, -0.2) is 23.2 Å². The minimum absolute atomic E-state index is 0.0514. The van der Waals surface area contributed by atoms with E-state index < -0.39 is 31.9 Å². The summed E-state index contributed by atoms with van der Waals surface area (Å²) >= 11 is 24.7. The molecule has 0 saturated carbocycles. The van der Waals surface area contributed by atoms with Gasteiger partial charge < -0.3 is 10.2 Å². The molecule has 152 valence electrons. The Balaban J connectivity index is 2.71. The molecule has 0 radical (unpaired) electrons. The van der Waals surface area contributed by atoms with E-state index >= 15 is 0 Å². The lowest BCUT2D eigenvalue weighted by atomic mass is 9.82. The molecule has 10 heteroatoms. The van der Waals surface area contributed by atoms with Crippen LogP contribution in [0.3, 0.4) is 0 Å². The van der Waals surface area contributed by atoms with E-state index in [0.29, 0.717) is 0 Å². The van der Waals surface area contributed by atoms with Gasteiger partial charge in [0, 0.05) is 31.8 Å². The molecule has 1 unspecified atom stereocenters. The lowest BCUT2D eigenvalue weighted by Crippen LogP contribution is -2.39. The summed E-state index contributed by atoms with van der Waals surface area (Å²) in [5, 5.41) is 20.8. The van der Waals surface area contributed by atoms with Crippen molar-refractivity contribution in [2.75, 3.05) is 0 Å². The Labute approximate surface area is 186 Å². The van der Waals surface area contributed by atoms with Crippen molar-refractivity contribution in [3.8, 4) is 11.5 Å².